The Kier molecular flexibility index (Phi) is 5.14. The smallest absolute Gasteiger partial charge is 0.202 e. The van der Waals surface area contributed by atoms with Gasteiger partial charge in [-0.1, -0.05) is 42.5 Å². The Morgan fingerprint density at radius 3 is 2.44 bits per heavy atom. The fourth-order valence-corrected chi connectivity index (χ4v) is 2.37. The zero-order chi connectivity index (χ0) is 17.6. The summed E-state index contributed by atoms with van der Waals surface area (Å²) >= 11 is 0. The Bertz CT molecular complexity index is 854. The summed E-state index contributed by atoms with van der Waals surface area (Å²) in [4.78, 5) is 0. The van der Waals surface area contributed by atoms with Crippen molar-refractivity contribution in [2.24, 2.45) is 0 Å². The molecule has 0 heterocycles. The first kappa shape index (κ1) is 16.8. The van der Waals surface area contributed by atoms with Crippen LogP contribution in [0.1, 0.15) is 11.1 Å². The van der Waals surface area contributed by atoms with Gasteiger partial charge in [-0.3, -0.25) is 0 Å². The number of halogens is 2. The third kappa shape index (κ3) is 4.26. The molecule has 0 fully saturated rings. The Labute approximate surface area is 144 Å². The van der Waals surface area contributed by atoms with Crippen LogP contribution >= 0.6 is 0 Å². The van der Waals surface area contributed by atoms with Gasteiger partial charge < -0.3 is 15.2 Å². The van der Waals surface area contributed by atoms with Gasteiger partial charge in [0.1, 0.15) is 12.4 Å². The van der Waals surface area contributed by atoms with Crippen molar-refractivity contribution in [3.8, 4) is 11.5 Å². The van der Waals surface area contributed by atoms with Gasteiger partial charge in [0.05, 0.1) is 5.69 Å². The Balaban J connectivity index is 1.63. The van der Waals surface area contributed by atoms with Crippen molar-refractivity contribution < 1.29 is 18.6 Å². The summed E-state index contributed by atoms with van der Waals surface area (Å²) < 4.78 is 32.1. The molecule has 0 radical (unpaired) electrons. The van der Waals surface area contributed by atoms with Crippen LogP contribution in [-0.4, -0.2) is 5.11 Å². The number of hydrogen-bond donors (Lipinski definition) is 2. The predicted octanol–water partition coefficient (Wildman–Crippen LogP) is 4.86. The molecule has 0 amide bonds. The molecule has 0 bridgehead atoms. The molecular formula is C20H17F2NO2. The van der Waals surface area contributed by atoms with Crippen molar-refractivity contribution in [1.82, 2.24) is 0 Å². The number of phenolic OH excluding ortho intramolecular Hbond substituents is 1. The summed E-state index contributed by atoms with van der Waals surface area (Å²) in [5.74, 6) is -2.36. The molecule has 0 saturated heterocycles. The van der Waals surface area contributed by atoms with Gasteiger partial charge in [0.25, 0.3) is 0 Å². The Hall–Kier alpha value is -3.08. The average molecular weight is 341 g/mol. The molecule has 3 aromatic carbocycles. The van der Waals surface area contributed by atoms with Gasteiger partial charge >= 0.3 is 0 Å². The SMILES string of the molecule is Oc1c(NCc2cccc(OCc3ccccc3)c2)ccc(F)c1F. The first-order valence-electron chi connectivity index (χ1n) is 7.80. The van der Waals surface area contributed by atoms with Crippen LogP contribution in [0.25, 0.3) is 0 Å². The normalized spacial score (nSPS) is 10.5. The van der Waals surface area contributed by atoms with Crippen LogP contribution in [0.2, 0.25) is 0 Å². The van der Waals surface area contributed by atoms with E-state index in [1.54, 1.807) is 0 Å². The van der Waals surface area contributed by atoms with Crippen molar-refractivity contribution in [3.05, 3.63) is 89.5 Å². The molecular weight excluding hydrogens is 324 g/mol. The largest absolute Gasteiger partial charge is 0.503 e. The van der Waals surface area contributed by atoms with Crippen LogP contribution in [0.4, 0.5) is 14.5 Å². The highest BCUT2D eigenvalue weighted by molar-refractivity contribution is 5.56. The highest BCUT2D eigenvalue weighted by atomic mass is 19.2. The predicted molar refractivity (Wildman–Crippen MR) is 92.6 cm³/mol. The molecule has 0 saturated carbocycles. The van der Waals surface area contributed by atoms with Gasteiger partial charge in [-0.05, 0) is 35.4 Å². The lowest BCUT2D eigenvalue weighted by Gasteiger charge is -2.11. The third-order valence-electron chi connectivity index (χ3n) is 3.70. The lowest BCUT2D eigenvalue weighted by Crippen LogP contribution is -2.02. The molecule has 2 N–H and O–H groups in total. The second-order valence-corrected chi connectivity index (χ2v) is 5.53. The van der Waals surface area contributed by atoms with E-state index in [2.05, 4.69) is 5.32 Å². The van der Waals surface area contributed by atoms with Gasteiger partial charge in [0.2, 0.25) is 5.82 Å². The molecule has 25 heavy (non-hydrogen) atoms. The minimum atomic E-state index is -1.26. The van der Waals surface area contributed by atoms with Crippen LogP contribution in [0.5, 0.6) is 11.5 Å². The minimum Gasteiger partial charge on any atom is -0.503 e. The molecule has 0 spiro atoms. The van der Waals surface area contributed by atoms with Crippen LogP contribution in [0.15, 0.2) is 66.7 Å². The van der Waals surface area contributed by atoms with Crippen molar-refractivity contribution >= 4 is 5.69 Å². The standard InChI is InChI=1S/C20H17F2NO2/c21-17-9-10-18(20(24)19(17)22)23-12-15-7-4-8-16(11-15)25-13-14-5-2-1-3-6-14/h1-11,23-24H,12-13H2. The van der Waals surface area contributed by atoms with E-state index in [0.717, 1.165) is 17.2 Å². The number of rotatable bonds is 6. The maximum Gasteiger partial charge on any atom is 0.202 e. The molecule has 3 rings (SSSR count). The summed E-state index contributed by atoms with van der Waals surface area (Å²) in [5.41, 5.74) is 2.09. The minimum absolute atomic E-state index is 0.134. The van der Waals surface area contributed by atoms with Crippen molar-refractivity contribution in [3.63, 3.8) is 0 Å². The van der Waals surface area contributed by atoms with E-state index in [-0.39, 0.29) is 5.69 Å². The lowest BCUT2D eigenvalue weighted by atomic mass is 10.2. The topological polar surface area (TPSA) is 41.5 Å². The molecule has 0 aromatic heterocycles. The number of benzene rings is 3. The summed E-state index contributed by atoms with van der Waals surface area (Å²) in [5, 5.41) is 12.5. The van der Waals surface area contributed by atoms with Crippen LogP contribution < -0.4 is 10.1 Å². The van der Waals surface area contributed by atoms with E-state index in [1.807, 2.05) is 54.6 Å². The van der Waals surface area contributed by atoms with Crippen LogP contribution in [-0.2, 0) is 13.2 Å². The number of hydrogen-bond acceptors (Lipinski definition) is 3. The Morgan fingerprint density at radius 2 is 1.64 bits per heavy atom. The van der Waals surface area contributed by atoms with Gasteiger partial charge in [-0.15, -0.1) is 0 Å². The van der Waals surface area contributed by atoms with Crippen LogP contribution in [0, 0.1) is 11.6 Å². The van der Waals surface area contributed by atoms with E-state index < -0.39 is 17.4 Å². The molecule has 0 aliphatic rings. The maximum atomic E-state index is 13.4. The quantitative estimate of drug-likeness (QED) is 0.629. The van der Waals surface area contributed by atoms with Gasteiger partial charge in [0.15, 0.2) is 11.6 Å². The van der Waals surface area contributed by atoms with Gasteiger partial charge in [0, 0.05) is 6.54 Å². The molecule has 0 aliphatic heterocycles. The van der Waals surface area contributed by atoms with E-state index >= 15 is 0 Å². The first-order chi connectivity index (χ1) is 12.1. The third-order valence-corrected chi connectivity index (χ3v) is 3.70. The monoisotopic (exact) mass is 341 g/mol. The van der Waals surface area contributed by atoms with Crippen molar-refractivity contribution in [1.29, 1.82) is 0 Å². The average Bonchev–Trinajstić information content (AvgIpc) is 2.65. The lowest BCUT2D eigenvalue weighted by molar-refractivity contribution is 0.306. The molecule has 0 aliphatic carbocycles. The number of aromatic hydroxyl groups is 1. The number of phenols is 1. The fourth-order valence-electron chi connectivity index (χ4n) is 2.37. The second kappa shape index (κ2) is 7.66. The molecule has 3 aromatic rings. The zero-order valence-corrected chi connectivity index (χ0v) is 13.4. The zero-order valence-electron chi connectivity index (χ0n) is 13.4. The molecule has 3 nitrogen and oxygen atoms in total. The number of nitrogens with one attached hydrogen (secondary N) is 1. The molecule has 128 valence electrons. The molecule has 0 unspecified atom stereocenters. The second-order valence-electron chi connectivity index (χ2n) is 5.53. The highest BCUT2D eigenvalue weighted by Gasteiger charge is 2.12. The van der Waals surface area contributed by atoms with E-state index in [0.29, 0.717) is 18.9 Å². The number of anilines is 1. The van der Waals surface area contributed by atoms with Gasteiger partial charge in [-0.25, -0.2) is 4.39 Å². The first-order valence-corrected chi connectivity index (χ1v) is 7.80. The molecule has 0 atom stereocenters. The maximum absolute atomic E-state index is 13.4. The Morgan fingerprint density at radius 1 is 0.880 bits per heavy atom. The van der Waals surface area contributed by atoms with Gasteiger partial charge in [-0.2, -0.15) is 4.39 Å². The highest BCUT2D eigenvalue weighted by Crippen LogP contribution is 2.28. The van der Waals surface area contributed by atoms with Crippen molar-refractivity contribution in [2.45, 2.75) is 13.2 Å². The number of ether oxygens (including phenoxy) is 1. The van der Waals surface area contributed by atoms with E-state index in [9.17, 15) is 13.9 Å². The molecule has 5 heteroatoms. The van der Waals surface area contributed by atoms with Crippen molar-refractivity contribution in [2.75, 3.05) is 5.32 Å². The van der Waals surface area contributed by atoms with Crippen LogP contribution in [0.3, 0.4) is 0 Å². The summed E-state index contributed by atoms with van der Waals surface area (Å²) in [6.07, 6.45) is 0. The summed E-state index contributed by atoms with van der Waals surface area (Å²) in [6.45, 7) is 0.794. The van der Waals surface area contributed by atoms with E-state index in [1.165, 1.54) is 6.07 Å². The fraction of sp³-hybridized carbons (Fsp3) is 0.100. The summed E-state index contributed by atoms with van der Waals surface area (Å²) in [6, 6.07) is 19.5. The summed E-state index contributed by atoms with van der Waals surface area (Å²) in [7, 11) is 0. The van der Waals surface area contributed by atoms with E-state index in [4.69, 9.17) is 4.74 Å².